The first-order valence-corrected chi connectivity index (χ1v) is 9.96. The molecule has 1 unspecified atom stereocenters. The smallest absolute Gasteiger partial charge is 0.302 e. The van der Waals surface area contributed by atoms with Crippen molar-refractivity contribution in [3.05, 3.63) is 51.4 Å². The SMILES string of the molecule is CC(=O)OCCCc1cc2c(s1)NC(=S)C(C)N=C2c1ccccc1Cl. The highest BCUT2D eigenvalue weighted by Gasteiger charge is 2.24. The summed E-state index contributed by atoms with van der Waals surface area (Å²) < 4.78 is 5.01. The van der Waals surface area contributed by atoms with Gasteiger partial charge in [0.1, 0.15) is 9.99 Å². The number of carbonyl (C=O) groups is 1. The van der Waals surface area contributed by atoms with Crippen LogP contribution in [0.4, 0.5) is 5.00 Å². The van der Waals surface area contributed by atoms with Crippen molar-refractivity contribution in [2.45, 2.75) is 32.7 Å². The quantitative estimate of drug-likeness (QED) is 0.437. The largest absolute Gasteiger partial charge is 0.466 e. The third-order valence-corrected chi connectivity index (χ3v) is 5.86. The average molecular weight is 407 g/mol. The number of rotatable bonds is 5. The summed E-state index contributed by atoms with van der Waals surface area (Å²) in [6, 6.07) is 9.71. The number of nitrogens with one attached hydrogen (secondary N) is 1. The molecule has 3 rings (SSSR count). The van der Waals surface area contributed by atoms with Crippen LogP contribution in [0.3, 0.4) is 0 Å². The predicted octanol–water partition coefficient (Wildman–Crippen LogP) is 4.88. The van der Waals surface area contributed by atoms with Crippen molar-refractivity contribution in [3.8, 4) is 0 Å². The molecular weight excluding hydrogens is 388 g/mol. The number of ether oxygens (including phenoxy) is 1. The van der Waals surface area contributed by atoms with Crippen molar-refractivity contribution < 1.29 is 9.53 Å². The van der Waals surface area contributed by atoms with Crippen molar-refractivity contribution in [1.82, 2.24) is 0 Å². The number of fused-ring (bicyclic) bond motifs is 1. The Hall–Kier alpha value is -1.76. The lowest BCUT2D eigenvalue weighted by atomic mass is 10.0. The Kier molecular flexibility index (Phi) is 6.06. The molecule has 0 saturated heterocycles. The van der Waals surface area contributed by atoms with Gasteiger partial charge < -0.3 is 10.1 Å². The minimum atomic E-state index is -0.249. The molecule has 1 aliphatic heterocycles. The van der Waals surface area contributed by atoms with Crippen LogP contribution in [0.5, 0.6) is 0 Å². The molecule has 1 aliphatic rings. The van der Waals surface area contributed by atoms with E-state index in [1.54, 1.807) is 11.3 Å². The summed E-state index contributed by atoms with van der Waals surface area (Å²) >= 11 is 13.5. The first-order valence-electron chi connectivity index (χ1n) is 8.35. The number of aryl methyl sites for hydroxylation is 1. The molecule has 0 saturated carbocycles. The third kappa shape index (κ3) is 4.31. The summed E-state index contributed by atoms with van der Waals surface area (Å²) in [6.45, 7) is 3.82. The van der Waals surface area contributed by atoms with Crippen molar-refractivity contribution in [1.29, 1.82) is 0 Å². The van der Waals surface area contributed by atoms with Gasteiger partial charge in [0.25, 0.3) is 0 Å². The Labute approximate surface area is 167 Å². The molecule has 4 nitrogen and oxygen atoms in total. The monoisotopic (exact) mass is 406 g/mol. The van der Waals surface area contributed by atoms with Gasteiger partial charge in [0.15, 0.2) is 0 Å². The van der Waals surface area contributed by atoms with E-state index in [1.807, 2.05) is 31.2 Å². The number of thiocarbonyl (C=S) groups is 1. The lowest BCUT2D eigenvalue weighted by Crippen LogP contribution is -2.19. The summed E-state index contributed by atoms with van der Waals surface area (Å²) in [5.41, 5.74) is 2.77. The van der Waals surface area contributed by atoms with E-state index in [1.165, 1.54) is 11.8 Å². The minimum absolute atomic E-state index is 0.122. The van der Waals surface area contributed by atoms with Gasteiger partial charge >= 0.3 is 5.97 Å². The Morgan fingerprint density at radius 1 is 1.38 bits per heavy atom. The Balaban J connectivity index is 1.92. The Morgan fingerprint density at radius 2 is 2.15 bits per heavy atom. The number of halogens is 1. The summed E-state index contributed by atoms with van der Waals surface area (Å²) in [4.78, 5) is 17.6. The maximum Gasteiger partial charge on any atom is 0.302 e. The maximum absolute atomic E-state index is 10.9. The van der Waals surface area contributed by atoms with E-state index >= 15 is 0 Å². The molecule has 0 bridgehead atoms. The van der Waals surface area contributed by atoms with Crippen LogP contribution in [0.2, 0.25) is 5.02 Å². The van der Waals surface area contributed by atoms with Gasteiger partial charge in [-0.15, -0.1) is 11.3 Å². The second-order valence-electron chi connectivity index (χ2n) is 6.02. The number of nitrogens with zero attached hydrogens (tertiary/aromatic N) is 1. The van der Waals surface area contributed by atoms with E-state index < -0.39 is 0 Å². The Bertz CT molecular complexity index is 876. The molecule has 0 spiro atoms. The average Bonchev–Trinajstić information content (AvgIpc) is 2.94. The predicted molar refractivity (Wildman–Crippen MR) is 112 cm³/mol. The summed E-state index contributed by atoms with van der Waals surface area (Å²) in [7, 11) is 0. The molecule has 1 aromatic heterocycles. The number of carbonyl (C=O) groups excluding carboxylic acids is 1. The number of esters is 1. The van der Waals surface area contributed by atoms with E-state index in [0.29, 0.717) is 16.6 Å². The van der Waals surface area contributed by atoms with Gasteiger partial charge in [-0.25, -0.2) is 0 Å². The number of hydrogen-bond donors (Lipinski definition) is 1. The van der Waals surface area contributed by atoms with Gasteiger partial charge in [0, 0.05) is 28.0 Å². The number of thiophene rings is 1. The second kappa shape index (κ2) is 8.29. The molecule has 26 heavy (non-hydrogen) atoms. The zero-order valence-corrected chi connectivity index (χ0v) is 16.9. The van der Waals surface area contributed by atoms with Gasteiger partial charge in [0.2, 0.25) is 0 Å². The fourth-order valence-electron chi connectivity index (χ4n) is 2.70. The number of hydrogen-bond acceptors (Lipinski definition) is 5. The first-order chi connectivity index (χ1) is 12.5. The van der Waals surface area contributed by atoms with E-state index in [9.17, 15) is 4.79 Å². The van der Waals surface area contributed by atoms with E-state index in [4.69, 9.17) is 33.5 Å². The molecule has 7 heteroatoms. The molecule has 0 fully saturated rings. The van der Waals surface area contributed by atoms with Crippen LogP contribution in [0.25, 0.3) is 0 Å². The van der Waals surface area contributed by atoms with Crippen LogP contribution in [0, 0.1) is 0 Å². The molecule has 0 amide bonds. The highest BCUT2D eigenvalue weighted by molar-refractivity contribution is 7.80. The minimum Gasteiger partial charge on any atom is -0.466 e. The zero-order chi connectivity index (χ0) is 18.7. The van der Waals surface area contributed by atoms with Crippen LogP contribution < -0.4 is 5.32 Å². The molecule has 136 valence electrons. The standard InChI is InChI=1S/C19H19ClN2O2S2/c1-11-18(25)22-19-15(10-13(26-19)6-5-9-24-12(2)23)17(21-11)14-7-3-4-8-16(14)20/h3-4,7-8,10-11H,5-6,9H2,1-2H3,(H,22,25). The molecule has 1 atom stereocenters. The third-order valence-electron chi connectivity index (χ3n) is 3.98. The number of benzene rings is 1. The summed E-state index contributed by atoms with van der Waals surface area (Å²) in [6.07, 6.45) is 1.60. The van der Waals surface area contributed by atoms with Gasteiger partial charge in [-0.1, -0.05) is 42.0 Å². The van der Waals surface area contributed by atoms with Gasteiger partial charge in [-0.3, -0.25) is 9.79 Å². The summed E-state index contributed by atoms with van der Waals surface area (Å²) in [5.74, 6) is -0.249. The second-order valence-corrected chi connectivity index (χ2v) is 8.01. The van der Waals surface area contributed by atoms with E-state index in [-0.39, 0.29) is 12.0 Å². The van der Waals surface area contributed by atoms with Gasteiger partial charge in [0.05, 0.1) is 18.4 Å². The van der Waals surface area contributed by atoms with Crippen molar-refractivity contribution in [2.75, 3.05) is 11.9 Å². The summed E-state index contributed by atoms with van der Waals surface area (Å²) in [5, 5.41) is 4.98. The van der Waals surface area contributed by atoms with Gasteiger partial charge in [-0.2, -0.15) is 0 Å². The van der Waals surface area contributed by atoms with Crippen LogP contribution in [-0.2, 0) is 16.0 Å². The maximum atomic E-state index is 10.9. The lowest BCUT2D eigenvalue weighted by molar-refractivity contribution is -0.141. The van der Waals surface area contributed by atoms with Crippen LogP contribution >= 0.6 is 35.2 Å². The van der Waals surface area contributed by atoms with Crippen LogP contribution in [-0.4, -0.2) is 29.3 Å². The highest BCUT2D eigenvalue weighted by Crippen LogP contribution is 2.35. The van der Waals surface area contributed by atoms with E-state index in [2.05, 4.69) is 11.4 Å². The van der Waals surface area contributed by atoms with Crippen LogP contribution in [0.15, 0.2) is 35.3 Å². The fraction of sp³-hybridized carbons (Fsp3) is 0.316. The number of aliphatic imine (C=N–C) groups is 1. The molecular formula is C19H19ClN2O2S2. The zero-order valence-electron chi connectivity index (χ0n) is 14.5. The van der Waals surface area contributed by atoms with Crippen LogP contribution in [0.1, 0.15) is 36.3 Å². The highest BCUT2D eigenvalue weighted by atomic mass is 35.5. The molecule has 1 aromatic carbocycles. The normalized spacial score (nSPS) is 16.3. The molecule has 2 aromatic rings. The first kappa shape index (κ1) is 19.0. The topological polar surface area (TPSA) is 50.7 Å². The van der Waals surface area contributed by atoms with Crippen molar-refractivity contribution in [2.24, 2.45) is 4.99 Å². The molecule has 0 radical (unpaired) electrons. The van der Waals surface area contributed by atoms with Crippen molar-refractivity contribution in [3.63, 3.8) is 0 Å². The van der Waals surface area contributed by atoms with Gasteiger partial charge in [-0.05, 0) is 31.9 Å². The molecule has 0 aliphatic carbocycles. The van der Waals surface area contributed by atoms with Crippen molar-refractivity contribution >= 4 is 56.8 Å². The van der Waals surface area contributed by atoms with E-state index in [0.717, 1.165) is 34.7 Å². The lowest BCUT2D eigenvalue weighted by Gasteiger charge is -2.09. The Morgan fingerprint density at radius 3 is 2.88 bits per heavy atom. The molecule has 1 N–H and O–H groups in total. The number of anilines is 1. The molecule has 2 heterocycles. The fourth-order valence-corrected chi connectivity index (χ4v) is 4.26.